The van der Waals surface area contributed by atoms with Gasteiger partial charge in [0.15, 0.2) is 5.69 Å². The van der Waals surface area contributed by atoms with Crippen molar-refractivity contribution in [1.29, 1.82) is 0 Å². The van der Waals surface area contributed by atoms with Crippen LogP contribution >= 0.6 is 39.1 Å². The Labute approximate surface area is 109 Å². The highest BCUT2D eigenvalue weighted by Gasteiger charge is 2.09. The van der Waals surface area contributed by atoms with Crippen LogP contribution < -0.4 is 5.32 Å². The molecule has 0 aliphatic rings. The quantitative estimate of drug-likeness (QED) is 0.925. The third-order valence-electron chi connectivity index (χ3n) is 1.77. The van der Waals surface area contributed by atoms with Crippen molar-refractivity contribution in [3.05, 3.63) is 38.8 Å². The molecule has 0 aliphatic carbocycles. The Morgan fingerprint density at radius 3 is 2.94 bits per heavy atom. The molecule has 1 amide bonds. The molecule has 2 aromatic rings. The van der Waals surface area contributed by atoms with Gasteiger partial charge in [-0.05, 0) is 45.7 Å². The number of hydrogen-bond donors (Lipinski definition) is 1. The van der Waals surface area contributed by atoms with Crippen molar-refractivity contribution < 1.29 is 4.79 Å². The highest BCUT2D eigenvalue weighted by molar-refractivity contribution is 9.10. The molecule has 0 bridgehead atoms. The summed E-state index contributed by atoms with van der Waals surface area (Å²) >= 11 is 10.2. The Bertz CT molecular complexity index is 517. The Balaban J connectivity index is 2.15. The van der Waals surface area contributed by atoms with Crippen LogP contribution in [0.5, 0.6) is 0 Å². The maximum absolute atomic E-state index is 11.6. The average Bonchev–Trinajstić information content (AvgIpc) is 2.77. The first-order valence-corrected chi connectivity index (χ1v) is 6.21. The SMILES string of the molecule is O=C(Nc1ccc(Cl)c(Br)c1)c1csnn1. The Kier molecular flexibility index (Phi) is 3.52. The summed E-state index contributed by atoms with van der Waals surface area (Å²) in [4.78, 5) is 11.6. The van der Waals surface area contributed by atoms with E-state index in [9.17, 15) is 4.79 Å². The van der Waals surface area contributed by atoms with Gasteiger partial charge in [-0.1, -0.05) is 16.1 Å². The van der Waals surface area contributed by atoms with Gasteiger partial charge in [-0.15, -0.1) is 5.10 Å². The smallest absolute Gasteiger partial charge is 0.277 e. The van der Waals surface area contributed by atoms with E-state index in [1.165, 1.54) is 0 Å². The van der Waals surface area contributed by atoms with Crippen LogP contribution in [0.1, 0.15) is 10.5 Å². The third kappa shape index (κ3) is 2.58. The van der Waals surface area contributed by atoms with Gasteiger partial charge in [0.05, 0.1) is 5.02 Å². The zero-order valence-corrected chi connectivity index (χ0v) is 10.9. The van der Waals surface area contributed by atoms with E-state index in [0.29, 0.717) is 16.4 Å². The number of amides is 1. The van der Waals surface area contributed by atoms with Crippen molar-refractivity contribution in [2.24, 2.45) is 0 Å². The number of aromatic nitrogens is 2. The van der Waals surface area contributed by atoms with Crippen LogP contribution in [0, 0.1) is 0 Å². The maximum atomic E-state index is 11.6. The number of rotatable bonds is 2. The number of halogens is 2. The summed E-state index contributed by atoms with van der Waals surface area (Å²) < 4.78 is 4.34. The molecule has 82 valence electrons. The van der Waals surface area contributed by atoms with Gasteiger partial charge < -0.3 is 5.32 Å². The Morgan fingerprint density at radius 2 is 2.31 bits per heavy atom. The van der Waals surface area contributed by atoms with E-state index in [-0.39, 0.29) is 5.91 Å². The van der Waals surface area contributed by atoms with Crippen LogP contribution in [0.4, 0.5) is 5.69 Å². The molecule has 0 saturated heterocycles. The second kappa shape index (κ2) is 4.90. The van der Waals surface area contributed by atoms with Gasteiger partial charge in [-0.2, -0.15) is 0 Å². The first kappa shape index (κ1) is 11.5. The first-order valence-electron chi connectivity index (χ1n) is 4.20. The lowest BCUT2D eigenvalue weighted by Crippen LogP contribution is -2.12. The molecule has 0 aliphatic heterocycles. The molecule has 0 spiro atoms. The molecule has 4 nitrogen and oxygen atoms in total. The molecule has 2 rings (SSSR count). The van der Waals surface area contributed by atoms with Crippen LogP contribution in [-0.2, 0) is 0 Å². The molecular formula is C9H5BrClN3OS. The summed E-state index contributed by atoms with van der Waals surface area (Å²) in [6.07, 6.45) is 0. The van der Waals surface area contributed by atoms with Gasteiger partial charge in [0, 0.05) is 15.5 Å². The molecule has 0 atom stereocenters. The zero-order valence-electron chi connectivity index (χ0n) is 7.78. The second-order valence-electron chi connectivity index (χ2n) is 2.87. The predicted octanol–water partition coefficient (Wildman–Crippen LogP) is 3.21. The monoisotopic (exact) mass is 317 g/mol. The number of anilines is 1. The second-order valence-corrected chi connectivity index (χ2v) is 4.74. The summed E-state index contributed by atoms with van der Waals surface area (Å²) in [5.74, 6) is -0.289. The lowest BCUT2D eigenvalue weighted by molar-refractivity contribution is 0.102. The van der Waals surface area contributed by atoms with Gasteiger partial charge in [0.1, 0.15) is 0 Å². The van der Waals surface area contributed by atoms with E-state index in [2.05, 4.69) is 30.8 Å². The summed E-state index contributed by atoms with van der Waals surface area (Å²) in [5, 5.41) is 8.53. The number of benzene rings is 1. The number of nitrogens with one attached hydrogen (secondary N) is 1. The van der Waals surface area contributed by atoms with Crippen molar-refractivity contribution in [3.8, 4) is 0 Å². The van der Waals surface area contributed by atoms with Gasteiger partial charge in [0.25, 0.3) is 5.91 Å². The summed E-state index contributed by atoms with van der Waals surface area (Å²) in [7, 11) is 0. The molecule has 0 fully saturated rings. The molecule has 1 aromatic carbocycles. The minimum Gasteiger partial charge on any atom is -0.321 e. The van der Waals surface area contributed by atoms with E-state index in [0.717, 1.165) is 16.0 Å². The first-order chi connectivity index (χ1) is 7.66. The van der Waals surface area contributed by atoms with Crippen LogP contribution in [0.15, 0.2) is 28.1 Å². The normalized spacial score (nSPS) is 10.1. The van der Waals surface area contributed by atoms with Crippen molar-refractivity contribution in [1.82, 2.24) is 9.59 Å². The minimum absolute atomic E-state index is 0.289. The molecule has 1 heterocycles. The van der Waals surface area contributed by atoms with Gasteiger partial charge in [0.2, 0.25) is 0 Å². The number of hydrogen-bond acceptors (Lipinski definition) is 4. The van der Waals surface area contributed by atoms with Crippen LogP contribution in [0.25, 0.3) is 0 Å². The van der Waals surface area contributed by atoms with Crippen molar-refractivity contribution in [3.63, 3.8) is 0 Å². The van der Waals surface area contributed by atoms with Crippen molar-refractivity contribution >= 4 is 50.7 Å². The molecule has 0 unspecified atom stereocenters. The molecule has 1 N–H and O–H groups in total. The summed E-state index contributed by atoms with van der Waals surface area (Å²) in [6, 6.07) is 5.13. The van der Waals surface area contributed by atoms with E-state index in [4.69, 9.17) is 11.6 Å². The summed E-state index contributed by atoms with van der Waals surface area (Å²) in [5.41, 5.74) is 0.949. The predicted molar refractivity (Wildman–Crippen MR) is 67.0 cm³/mol. The van der Waals surface area contributed by atoms with Crippen molar-refractivity contribution in [2.45, 2.75) is 0 Å². The number of carbonyl (C=O) groups excluding carboxylic acids is 1. The highest BCUT2D eigenvalue weighted by atomic mass is 79.9. The fraction of sp³-hybridized carbons (Fsp3) is 0. The lowest BCUT2D eigenvalue weighted by Gasteiger charge is -2.04. The lowest BCUT2D eigenvalue weighted by atomic mass is 10.3. The van der Waals surface area contributed by atoms with Crippen LogP contribution in [0.3, 0.4) is 0 Å². The maximum Gasteiger partial charge on any atom is 0.277 e. The van der Waals surface area contributed by atoms with E-state index in [1.54, 1.807) is 23.6 Å². The van der Waals surface area contributed by atoms with E-state index < -0.39 is 0 Å². The topological polar surface area (TPSA) is 54.9 Å². The average molecular weight is 319 g/mol. The van der Waals surface area contributed by atoms with Crippen molar-refractivity contribution in [2.75, 3.05) is 5.32 Å². The Morgan fingerprint density at radius 1 is 1.50 bits per heavy atom. The number of carbonyl (C=O) groups is 1. The fourth-order valence-corrected chi connectivity index (χ4v) is 1.97. The molecular weight excluding hydrogens is 314 g/mol. The largest absolute Gasteiger partial charge is 0.321 e. The van der Waals surface area contributed by atoms with E-state index >= 15 is 0 Å². The Hall–Kier alpha value is -0.980. The molecule has 16 heavy (non-hydrogen) atoms. The van der Waals surface area contributed by atoms with Gasteiger partial charge >= 0.3 is 0 Å². The number of nitrogens with zero attached hydrogens (tertiary/aromatic N) is 2. The molecule has 0 radical (unpaired) electrons. The zero-order chi connectivity index (χ0) is 11.5. The molecule has 0 saturated carbocycles. The third-order valence-corrected chi connectivity index (χ3v) is 3.49. The highest BCUT2D eigenvalue weighted by Crippen LogP contribution is 2.25. The fourth-order valence-electron chi connectivity index (χ4n) is 1.03. The standard InChI is InChI=1S/C9H5BrClN3OS/c10-6-3-5(1-2-7(6)11)12-9(15)8-4-16-14-13-8/h1-4H,(H,12,15). The van der Waals surface area contributed by atoms with Crippen LogP contribution in [0.2, 0.25) is 5.02 Å². The van der Waals surface area contributed by atoms with Crippen LogP contribution in [-0.4, -0.2) is 15.5 Å². The van der Waals surface area contributed by atoms with Gasteiger partial charge in [-0.25, -0.2) is 0 Å². The van der Waals surface area contributed by atoms with Gasteiger partial charge in [-0.3, -0.25) is 4.79 Å². The molecule has 7 heteroatoms. The molecule has 1 aromatic heterocycles. The minimum atomic E-state index is -0.289. The van der Waals surface area contributed by atoms with E-state index in [1.807, 2.05) is 0 Å². The summed E-state index contributed by atoms with van der Waals surface area (Å²) in [6.45, 7) is 0.